The number of amides is 1. The van der Waals surface area contributed by atoms with Gasteiger partial charge in [0.25, 0.3) is 0 Å². The Morgan fingerprint density at radius 2 is 1.81 bits per heavy atom. The molecule has 2 fully saturated rings. The molecule has 1 aromatic rings. The van der Waals surface area contributed by atoms with Gasteiger partial charge in [0.2, 0.25) is 5.91 Å². The molecule has 2 aliphatic heterocycles. The van der Waals surface area contributed by atoms with Crippen LogP contribution in [0.15, 0.2) is 30.3 Å². The second kappa shape index (κ2) is 9.07. The Hall–Kier alpha value is -1.59. The Balaban J connectivity index is 1.51. The molecule has 0 saturated carbocycles. The number of ether oxygens (including phenoxy) is 1. The first-order valence-corrected chi connectivity index (χ1v) is 10.4. The summed E-state index contributed by atoms with van der Waals surface area (Å²) in [6.07, 6.45) is 5.65. The fourth-order valence-corrected chi connectivity index (χ4v) is 4.46. The van der Waals surface area contributed by atoms with Crippen LogP contribution < -0.4 is 4.74 Å². The van der Waals surface area contributed by atoms with Gasteiger partial charge in [-0.05, 0) is 71.0 Å². The molecule has 1 N–H and O–H groups in total. The summed E-state index contributed by atoms with van der Waals surface area (Å²) in [4.78, 5) is 17.2. The molecule has 1 amide bonds. The van der Waals surface area contributed by atoms with Crippen molar-refractivity contribution in [2.45, 2.75) is 70.1 Å². The first-order valence-electron chi connectivity index (χ1n) is 10.4. The van der Waals surface area contributed by atoms with Crippen molar-refractivity contribution in [3.63, 3.8) is 0 Å². The summed E-state index contributed by atoms with van der Waals surface area (Å²) in [6.45, 7) is 6.68. The van der Waals surface area contributed by atoms with Gasteiger partial charge in [-0.25, -0.2) is 0 Å². The van der Waals surface area contributed by atoms with Gasteiger partial charge >= 0.3 is 0 Å². The molecule has 2 aliphatic rings. The highest BCUT2D eigenvalue weighted by molar-refractivity contribution is 5.79. The van der Waals surface area contributed by atoms with Crippen molar-refractivity contribution in [2.24, 2.45) is 0 Å². The van der Waals surface area contributed by atoms with Gasteiger partial charge in [0.05, 0.1) is 12.1 Å². The minimum absolute atomic E-state index is 0.237. The van der Waals surface area contributed by atoms with E-state index in [0.29, 0.717) is 38.1 Å². The number of benzene rings is 1. The Bertz CT molecular complexity index is 599. The number of hydrogen-bond acceptors (Lipinski definition) is 4. The van der Waals surface area contributed by atoms with Crippen molar-refractivity contribution in [1.82, 2.24) is 9.80 Å². The number of hydrogen-bond donors (Lipinski definition) is 1. The maximum atomic E-state index is 12.9. The van der Waals surface area contributed by atoms with Crippen LogP contribution in [0.3, 0.4) is 0 Å². The van der Waals surface area contributed by atoms with Gasteiger partial charge in [0.15, 0.2) is 0 Å². The molecule has 2 saturated heterocycles. The van der Waals surface area contributed by atoms with E-state index in [1.54, 1.807) is 0 Å². The molecule has 0 bridgehead atoms. The lowest BCUT2D eigenvalue weighted by Gasteiger charge is -2.40. The fourth-order valence-electron chi connectivity index (χ4n) is 4.46. The van der Waals surface area contributed by atoms with Crippen LogP contribution in [-0.4, -0.2) is 64.7 Å². The zero-order valence-corrected chi connectivity index (χ0v) is 16.8. The van der Waals surface area contributed by atoms with Gasteiger partial charge in [-0.1, -0.05) is 18.2 Å². The van der Waals surface area contributed by atoms with Crippen LogP contribution in [0, 0.1) is 0 Å². The molecule has 0 aromatic heterocycles. The number of rotatable bonds is 5. The second-order valence-electron chi connectivity index (χ2n) is 8.39. The maximum absolute atomic E-state index is 12.9. The first-order chi connectivity index (χ1) is 13.0. The van der Waals surface area contributed by atoms with Crippen molar-refractivity contribution < 1.29 is 14.6 Å². The number of para-hydroxylation sites is 1. The van der Waals surface area contributed by atoms with Gasteiger partial charge in [-0.2, -0.15) is 0 Å². The molecule has 3 unspecified atom stereocenters. The van der Waals surface area contributed by atoms with Crippen LogP contribution in [0.5, 0.6) is 5.75 Å². The minimum Gasteiger partial charge on any atom is -0.491 e. The van der Waals surface area contributed by atoms with Crippen molar-refractivity contribution in [3.8, 4) is 5.75 Å². The third-order valence-electron chi connectivity index (χ3n) is 6.10. The van der Waals surface area contributed by atoms with Crippen LogP contribution in [0.2, 0.25) is 0 Å². The Morgan fingerprint density at radius 3 is 2.52 bits per heavy atom. The number of likely N-dealkylation sites (tertiary alicyclic amines) is 2. The molecule has 3 rings (SSSR count). The predicted molar refractivity (Wildman–Crippen MR) is 107 cm³/mol. The van der Waals surface area contributed by atoms with E-state index < -0.39 is 5.60 Å². The van der Waals surface area contributed by atoms with E-state index in [1.807, 2.05) is 30.3 Å². The molecule has 150 valence electrons. The molecule has 5 nitrogen and oxygen atoms in total. The van der Waals surface area contributed by atoms with E-state index >= 15 is 0 Å². The molecule has 5 heteroatoms. The zero-order chi connectivity index (χ0) is 19.3. The Kier molecular flexibility index (Phi) is 6.77. The largest absolute Gasteiger partial charge is 0.491 e. The van der Waals surface area contributed by atoms with Gasteiger partial charge < -0.3 is 14.7 Å². The Labute approximate surface area is 163 Å². The highest BCUT2D eigenvalue weighted by Gasteiger charge is 2.34. The quantitative estimate of drug-likeness (QED) is 0.861. The van der Waals surface area contributed by atoms with Crippen LogP contribution in [0.25, 0.3) is 0 Å². The van der Waals surface area contributed by atoms with Gasteiger partial charge in [0, 0.05) is 18.6 Å². The number of carbonyl (C=O) groups is 1. The smallest absolute Gasteiger partial charge is 0.237 e. The SMILES string of the molecule is CC1CCCC(C)N1C(=O)CN1CCCC(O)(COc2ccccc2)CC1. The lowest BCUT2D eigenvalue weighted by molar-refractivity contribution is -0.138. The predicted octanol–water partition coefficient (Wildman–Crippen LogP) is 3.07. The summed E-state index contributed by atoms with van der Waals surface area (Å²) < 4.78 is 5.80. The Morgan fingerprint density at radius 1 is 1.11 bits per heavy atom. The van der Waals surface area contributed by atoms with E-state index in [9.17, 15) is 9.90 Å². The average molecular weight is 375 g/mol. The van der Waals surface area contributed by atoms with Crippen molar-refractivity contribution in [3.05, 3.63) is 30.3 Å². The highest BCUT2D eigenvalue weighted by Crippen LogP contribution is 2.26. The summed E-state index contributed by atoms with van der Waals surface area (Å²) in [5.74, 6) is 1.02. The molecule has 1 aromatic carbocycles. The lowest BCUT2D eigenvalue weighted by atomic mass is 9.96. The standard InChI is InChI=1S/C22H34N2O3/c1-18-8-6-9-19(2)24(18)21(25)16-23-14-7-12-22(26,13-15-23)17-27-20-10-4-3-5-11-20/h3-5,10-11,18-19,26H,6-9,12-17H2,1-2H3. The summed E-state index contributed by atoms with van der Waals surface area (Å²) >= 11 is 0. The maximum Gasteiger partial charge on any atom is 0.237 e. The monoisotopic (exact) mass is 374 g/mol. The van der Waals surface area contributed by atoms with Gasteiger partial charge in [-0.3, -0.25) is 9.69 Å². The third kappa shape index (κ3) is 5.45. The summed E-state index contributed by atoms with van der Waals surface area (Å²) in [6, 6.07) is 10.3. The molecule has 3 atom stereocenters. The van der Waals surface area contributed by atoms with Crippen LogP contribution >= 0.6 is 0 Å². The molecule has 0 spiro atoms. The minimum atomic E-state index is -0.820. The van der Waals surface area contributed by atoms with Crippen LogP contribution in [-0.2, 0) is 4.79 Å². The topological polar surface area (TPSA) is 53.0 Å². The summed E-state index contributed by atoms with van der Waals surface area (Å²) in [5, 5.41) is 11.0. The number of piperidine rings is 1. The number of carbonyl (C=O) groups excluding carboxylic acids is 1. The zero-order valence-electron chi connectivity index (χ0n) is 16.8. The molecule has 0 radical (unpaired) electrons. The van der Waals surface area contributed by atoms with E-state index in [0.717, 1.165) is 38.1 Å². The van der Waals surface area contributed by atoms with Crippen molar-refractivity contribution in [2.75, 3.05) is 26.2 Å². The summed E-state index contributed by atoms with van der Waals surface area (Å²) in [7, 11) is 0. The second-order valence-corrected chi connectivity index (χ2v) is 8.39. The average Bonchev–Trinajstić information content (AvgIpc) is 2.83. The van der Waals surface area contributed by atoms with E-state index in [2.05, 4.69) is 23.6 Å². The highest BCUT2D eigenvalue weighted by atomic mass is 16.5. The number of aliphatic hydroxyl groups is 1. The van der Waals surface area contributed by atoms with Crippen LogP contribution in [0.4, 0.5) is 0 Å². The third-order valence-corrected chi connectivity index (χ3v) is 6.10. The fraction of sp³-hybridized carbons (Fsp3) is 0.682. The van der Waals surface area contributed by atoms with Crippen LogP contribution in [0.1, 0.15) is 52.4 Å². The first kappa shape index (κ1) is 20.2. The van der Waals surface area contributed by atoms with E-state index in [-0.39, 0.29) is 5.91 Å². The lowest BCUT2D eigenvalue weighted by Crippen LogP contribution is -2.51. The summed E-state index contributed by atoms with van der Waals surface area (Å²) in [5.41, 5.74) is -0.820. The molecule has 0 aliphatic carbocycles. The van der Waals surface area contributed by atoms with Crippen molar-refractivity contribution in [1.29, 1.82) is 0 Å². The molecular formula is C22H34N2O3. The molecular weight excluding hydrogens is 340 g/mol. The van der Waals surface area contributed by atoms with Gasteiger partial charge in [0.1, 0.15) is 12.4 Å². The van der Waals surface area contributed by atoms with E-state index in [4.69, 9.17) is 4.74 Å². The molecule has 27 heavy (non-hydrogen) atoms. The van der Waals surface area contributed by atoms with Gasteiger partial charge in [-0.15, -0.1) is 0 Å². The normalized spacial score (nSPS) is 30.0. The number of nitrogens with zero attached hydrogens (tertiary/aromatic N) is 2. The molecule has 2 heterocycles. The van der Waals surface area contributed by atoms with E-state index in [1.165, 1.54) is 6.42 Å². The van der Waals surface area contributed by atoms with Crippen molar-refractivity contribution >= 4 is 5.91 Å².